The van der Waals surface area contributed by atoms with E-state index < -0.39 is 0 Å². The minimum absolute atomic E-state index is 0.0406. The second kappa shape index (κ2) is 5.97. The largest absolute Gasteiger partial charge is 0.380 e. The van der Waals surface area contributed by atoms with E-state index in [1.54, 1.807) is 0 Å². The normalized spacial score (nSPS) is 11.5. The molecular weight excluding hydrogens is 357 g/mol. The van der Waals surface area contributed by atoms with E-state index in [0.29, 0.717) is 10.0 Å². The molecule has 20 heavy (non-hydrogen) atoms. The Morgan fingerprint density at radius 2 is 1.65 bits per heavy atom. The predicted octanol–water partition coefficient (Wildman–Crippen LogP) is 6.63. The van der Waals surface area contributed by atoms with E-state index in [1.165, 1.54) is 0 Å². The minimum atomic E-state index is -0.0406. The van der Waals surface area contributed by atoms with Crippen molar-refractivity contribution in [3.63, 3.8) is 0 Å². The number of halogens is 3. The molecular formula is C16H16BrCl2N. The Hall–Kier alpha value is -0.700. The van der Waals surface area contributed by atoms with Gasteiger partial charge in [0.05, 0.1) is 0 Å². The highest BCUT2D eigenvalue weighted by molar-refractivity contribution is 9.10. The van der Waals surface area contributed by atoms with Gasteiger partial charge >= 0.3 is 0 Å². The first kappa shape index (κ1) is 15.7. The fourth-order valence-corrected chi connectivity index (χ4v) is 2.71. The molecule has 2 aromatic rings. The fourth-order valence-electron chi connectivity index (χ4n) is 1.96. The zero-order chi connectivity index (χ0) is 14.9. The van der Waals surface area contributed by atoms with Crippen LogP contribution in [0.1, 0.15) is 20.8 Å². The van der Waals surface area contributed by atoms with Crippen molar-refractivity contribution in [3.05, 3.63) is 50.9 Å². The van der Waals surface area contributed by atoms with Crippen molar-refractivity contribution in [1.29, 1.82) is 0 Å². The van der Waals surface area contributed by atoms with Crippen LogP contribution >= 0.6 is 39.1 Å². The van der Waals surface area contributed by atoms with E-state index in [9.17, 15) is 0 Å². The molecule has 0 aromatic heterocycles. The average molecular weight is 373 g/mol. The third kappa shape index (κ3) is 3.91. The molecule has 0 aliphatic heterocycles. The molecule has 0 aliphatic rings. The molecule has 0 radical (unpaired) electrons. The monoisotopic (exact) mass is 371 g/mol. The SMILES string of the molecule is CC(C)(C)Nc1ccc(Cl)cc1-c1cc(Br)ccc1Cl. The second-order valence-corrected chi connectivity index (χ2v) is 7.45. The molecule has 0 fully saturated rings. The van der Waals surface area contributed by atoms with Gasteiger partial charge in [-0.25, -0.2) is 0 Å². The summed E-state index contributed by atoms with van der Waals surface area (Å²) in [6, 6.07) is 11.6. The van der Waals surface area contributed by atoms with Crippen LogP contribution in [0.2, 0.25) is 10.0 Å². The zero-order valence-corrected chi connectivity index (χ0v) is 14.7. The number of hydrogen-bond acceptors (Lipinski definition) is 1. The third-order valence-electron chi connectivity index (χ3n) is 2.71. The van der Waals surface area contributed by atoms with Crippen LogP contribution in [0.25, 0.3) is 11.1 Å². The Morgan fingerprint density at radius 1 is 0.950 bits per heavy atom. The Balaban J connectivity index is 2.60. The van der Waals surface area contributed by atoms with Crippen LogP contribution in [0, 0.1) is 0 Å². The van der Waals surface area contributed by atoms with Crippen molar-refractivity contribution in [1.82, 2.24) is 0 Å². The second-order valence-electron chi connectivity index (χ2n) is 5.69. The van der Waals surface area contributed by atoms with Gasteiger partial charge < -0.3 is 5.32 Å². The summed E-state index contributed by atoms with van der Waals surface area (Å²) < 4.78 is 0.985. The van der Waals surface area contributed by atoms with Crippen LogP contribution in [0.3, 0.4) is 0 Å². The molecule has 0 spiro atoms. The molecule has 0 unspecified atom stereocenters. The molecule has 0 saturated heterocycles. The summed E-state index contributed by atoms with van der Waals surface area (Å²) >= 11 is 16.0. The van der Waals surface area contributed by atoms with E-state index in [4.69, 9.17) is 23.2 Å². The van der Waals surface area contributed by atoms with Crippen molar-refractivity contribution in [2.75, 3.05) is 5.32 Å². The van der Waals surface area contributed by atoms with Crippen molar-refractivity contribution in [2.24, 2.45) is 0 Å². The first-order chi connectivity index (χ1) is 9.26. The van der Waals surface area contributed by atoms with Crippen molar-refractivity contribution in [3.8, 4) is 11.1 Å². The van der Waals surface area contributed by atoms with Crippen molar-refractivity contribution in [2.45, 2.75) is 26.3 Å². The number of rotatable bonds is 2. The summed E-state index contributed by atoms with van der Waals surface area (Å²) in [5, 5.41) is 4.88. The van der Waals surface area contributed by atoms with Gasteiger partial charge in [0.15, 0.2) is 0 Å². The molecule has 0 amide bonds. The van der Waals surface area contributed by atoms with E-state index in [2.05, 4.69) is 42.0 Å². The lowest BCUT2D eigenvalue weighted by Crippen LogP contribution is -2.26. The number of hydrogen-bond donors (Lipinski definition) is 1. The Labute approximate surface area is 138 Å². The maximum absolute atomic E-state index is 6.33. The maximum atomic E-state index is 6.33. The van der Waals surface area contributed by atoms with Crippen LogP contribution in [0.15, 0.2) is 40.9 Å². The molecule has 0 atom stereocenters. The van der Waals surface area contributed by atoms with Gasteiger partial charge in [-0.05, 0) is 57.2 Å². The molecule has 1 nitrogen and oxygen atoms in total. The van der Waals surface area contributed by atoms with Gasteiger partial charge in [-0.15, -0.1) is 0 Å². The summed E-state index contributed by atoms with van der Waals surface area (Å²) in [6.07, 6.45) is 0. The Bertz CT molecular complexity index is 633. The summed E-state index contributed by atoms with van der Waals surface area (Å²) in [7, 11) is 0. The summed E-state index contributed by atoms with van der Waals surface area (Å²) in [6.45, 7) is 6.36. The number of benzene rings is 2. The molecule has 2 aromatic carbocycles. The summed E-state index contributed by atoms with van der Waals surface area (Å²) in [5.41, 5.74) is 2.93. The third-order valence-corrected chi connectivity index (χ3v) is 3.77. The molecule has 0 saturated carbocycles. The van der Waals surface area contributed by atoms with Gasteiger partial charge in [0.1, 0.15) is 0 Å². The molecule has 0 bridgehead atoms. The van der Waals surface area contributed by atoms with Crippen LogP contribution in [-0.2, 0) is 0 Å². The van der Waals surface area contributed by atoms with Crippen LogP contribution in [0.5, 0.6) is 0 Å². The Morgan fingerprint density at radius 3 is 2.30 bits per heavy atom. The van der Waals surface area contributed by atoms with Crippen LogP contribution in [0.4, 0.5) is 5.69 Å². The van der Waals surface area contributed by atoms with Gasteiger partial charge in [0.25, 0.3) is 0 Å². The first-order valence-electron chi connectivity index (χ1n) is 6.29. The molecule has 0 heterocycles. The number of anilines is 1. The highest BCUT2D eigenvalue weighted by atomic mass is 79.9. The molecule has 2 rings (SSSR count). The van der Waals surface area contributed by atoms with Crippen molar-refractivity contribution >= 4 is 44.8 Å². The molecule has 4 heteroatoms. The highest BCUT2D eigenvalue weighted by Gasteiger charge is 2.15. The minimum Gasteiger partial charge on any atom is -0.380 e. The van der Waals surface area contributed by atoms with E-state index in [-0.39, 0.29) is 5.54 Å². The zero-order valence-electron chi connectivity index (χ0n) is 11.6. The predicted molar refractivity (Wildman–Crippen MR) is 93.0 cm³/mol. The highest BCUT2D eigenvalue weighted by Crippen LogP contribution is 2.37. The van der Waals surface area contributed by atoms with Gasteiger partial charge in [-0.2, -0.15) is 0 Å². The molecule has 1 N–H and O–H groups in total. The topological polar surface area (TPSA) is 12.0 Å². The Kier molecular flexibility index (Phi) is 4.68. The molecule has 0 aliphatic carbocycles. The van der Waals surface area contributed by atoms with E-state index in [1.807, 2.05) is 36.4 Å². The average Bonchev–Trinajstić information content (AvgIpc) is 2.33. The van der Waals surface area contributed by atoms with E-state index in [0.717, 1.165) is 21.3 Å². The maximum Gasteiger partial charge on any atom is 0.0485 e. The van der Waals surface area contributed by atoms with Crippen LogP contribution in [-0.4, -0.2) is 5.54 Å². The fraction of sp³-hybridized carbons (Fsp3) is 0.250. The van der Waals surface area contributed by atoms with Gasteiger partial charge in [0, 0.05) is 36.9 Å². The van der Waals surface area contributed by atoms with Gasteiger partial charge in [0.2, 0.25) is 0 Å². The van der Waals surface area contributed by atoms with Crippen molar-refractivity contribution < 1.29 is 0 Å². The van der Waals surface area contributed by atoms with E-state index >= 15 is 0 Å². The number of nitrogens with one attached hydrogen (secondary N) is 1. The van der Waals surface area contributed by atoms with Gasteiger partial charge in [-0.1, -0.05) is 39.1 Å². The van der Waals surface area contributed by atoms with Crippen LogP contribution < -0.4 is 5.32 Å². The van der Waals surface area contributed by atoms with Gasteiger partial charge in [-0.3, -0.25) is 0 Å². The standard InChI is InChI=1S/C16H16BrCl2N/c1-16(2,3)20-15-7-5-11(18)9-13(15)12-8-10(17)4-6-14(12)19/h4-9,20H,1-3H3. The first-order valence-corrected chi connectivity index (χ1v) is 7.84. The lowest BCUT2D eigenvalue weighted by molar-refractivity contribution is 0.634. The summed E-state index contributed by atoms with van der Waals surface area (Å²) in [5.74, 6) is 0. The smallest absolute Gasteiger partial charge is 0.0485 e. The quantitative estimate of drug-likeness (QED) is 0.623. The lowest BCUT2D eigenvalue weighted by atomic mass is 10.0. The lowest BCUT2D eigenvalue weighted by Gasteiger charge is -2.24. The summed E-state index contributed by atoms with van der Waals surface area (Å²) in [4.78, 5) is 0. The molecule has 106 valence electrons.